The zero-order chi connectivity index (χ0) is 24.9. The lowest BCUT2D eigenvalue weighted by atomic mass is 9.98. The van der Waals surface area contributed by atoms with Crippen molar-refractivity contribution in [3.8, 4) is 0 Å². The van der Waals surface area contributed by atoms with Crippen molar-refractivity contribution < 1.29 is 32.3 Å². The van der Waals surface area contributed by atoms with Gasteiger partial charge in [0.15, 0.2) is 0 Å². The van der Waals surface area contributed by atoms with E-state index in [4.69, 9.17) is 0 Å². The Morgan fingerprint density at radius 1 is 1.06 bits per heavy atom. The van der Waals surface area contributed by atoms with E-state index in [1.807, 2.05) is 0 Å². The summed E-state index contributed by atoms with van der Waals surface area (Å²) in [6.07, 6.45) is -1.53. The Labute approximate surface area is 190 Å². The number of carbonyl (C=O) groups is 4. The van der Waals surface area contributed by atoms with Crippen molar-refractivity contribution >= 4 is 23.5 Å². The molecule has 1 aliphatic heterocycles. The van der Waals surface area contributed by atoms with Gasteiger partial charge in [-0.2, -0.15) is 13.2 Å². The monoisotopic (exact) mass is 470 g/mol. The van der Waals surface area contributed by atoms with Crippen LogP contribution < -0.4 is 10.6 Å². The predicted octanol–water partition coefficient (Wildman–Crippen LogP) is 2.10. The Balaban J connectivity index is 2.17. The number of halogens is 3. The van der Waals surface area contributed by atoms with Crippen molar-refractivity contribution in [3.63, 3.8) is 0 Å². The second kappa shape index (κ2) is 10.8. The topological polar surface area (TPSA) is 108 Å². The molecule has 2 N–H and O–H groups in total. The molecule has 33 heavy (non-hydrogen) atoms. The van der Waals surface area contributed by atoms with Crippen molar-refractivity contribution in [3.05, 3.63) is 30.1 Å². The highest BCUT2D eigenvalue weighted by molar-refractivity contribution is 5.99. The van der Waals surface area contributed by atoms with Crippen LogP contribution in [0.1, 0.15) is 50.9 Å². The molecule has 3 atom stereocenters. The highest BCUT2D eigenvalue weighted by Gasteiger charge is 2.46. The number of carbonyl (C=O) groups excluding carboxylic acids is 4. The molecule has 0 unspecified atom stereocenters. The number of amides is 3. The maximum atomic E-state index is 13.3. The fraction of sp³-hybridized carbons (Fsp3) is 0.591. The largest absolute Gasteiger partial charge is 0.452 e. The number of hydrogen-bond donors (Lipinski definition) is 2. The molecular formula is C22H29F3N4O4. The van der Waals surface area contributed by atoms with E-state index in [0.29, 0.717) is 6.42 Å². The van der Waals surface area contributed by atoms with Crippen molar-refractivity contribution in [1.29, 1.82) is 0 Å². The molecule has 3 amide bonds. The second-order valence-electron chi connectivity index (χ2n) is 8.72. The van der Waals surface area contributed by atoms with Gasteiger partial charge in [-0.25, -0.2) is 0 Å². The zero-order valence-electron chi connectivity index (χ0n) is 19.0. The summed E-state index contributed by atoms with van der Waals surface area (Å²) in [6.45, 7) is 6.47. The van der Waals surface area contributed by atoms with Crippen LogP contribution in [0.15, 0.2) is 24.5 Å². The molecule has 1 saturated heterocycles. The van der Waals surface area contributed by atoms with E-state index in [0.717, 1.165) is 0 Å². The fourth-order valence-electron chi connectivity index (χ4n) is 3.68. The Kier molecular flexibility index (Phi) is 8.57. The number of aromatic nitrogens is 1. The van der Waals surface area contributed by atoms with Crippen molar-refractivity contribution in [2.45, 2.75) is 64.8 Å². The van der Waals surface area contributed by atoms with Gasteiger partial charge in [-0.3, -0.25) is 24.2 Å². The number of hydrogen-bond acceptors (Lipinski definition) is 5. The lowest BCUT2D eigenvalue weighted by Crippen LogP contribution is -2.58. The minimum absolute atomic E-state index is 0.211. The molecule has 2 rings (SSSR count). The van der Waals surface area contributed by atoms with E-state index in [2.05, 4.69) is 15.6 Å². The Bertz CT molecular complexity index is 874. The third kappa shape index (κ3) is 6.52. The summed E-state index contributed by atoms with van der Waals surface area (Å²) in [5.41, 5.74) is 0.261. The molecule has 11 heteroatoms. The first-order valence-electron chi connectivity index (χ1n) is 10.8. The summed E-state index contributed by atoms with van der Waals surface area (Å²) < 4.78 is 38.8. The molecule has 1 fully saturated rings. The van der Waals surface area contributed by atoms with E-state index in [1.165, 1.54) is 31.1 Å². The van der Waals surface area contributed by atoms with Crippen LogP contribution in [0.25, 0.3) is 0 Å². The summed E-state index contributed by atoms with van der Waals surface area (Å²) in [4.78, 5) is 55.5. The summed E-state index contributed by atoms with van der Waals surface area (Å²) >= 11 is 0. The average molecular weight is 470 g/mol. The van der Waals surface area contributed by atoms with Gasteiger partial charge in [0.1, 0.15) is 12.1 Å². The molecule has 182 valence electrons. The van der Waals surface area contributed by atoms with Crippen LogP contribution in [0.4, 0.5) is 13.2 Å². The standard InChI is InChI=1S/C22H29F3N4O4/c1-12(2)16(18(30)22(23,24)25)27-20(32)15-8-6-10-29(15)21(33)17(13(3)4)28-19(31)14-7-5-9-26-11-14/h5,7,9,11-13,15-17H,6,8,10H2,1-4H3,(H,27,32)(H,28,31)/t15-,16-,17-/m0/s1. The van der Waals surface area contributed by atoms with Gasteiger partial charge in [0.05, 0.1) is 11.6 Å². The molecule has 0 radical (unpaired) electrons. The molecule has 2 heterocycles. The molecule has 0 spiro atoms. The maximum absolute atomic E-state index is 13.3. The number of alkyl halides is 3. The van der Waals surface area contributed by atoms with Crippen LogP contribution in [0.5, 0.6) is 0 Å². The van der Waals surface area contributed by atoms with Gasteiger partial charge in [-0.05, 0) is 36.8 Å². The van der Waals surface area contributed by atoms with E-state index in [1.54, 1.807) is 26.0 Å². The van der Waals surface area contributed by atoms with Crippen LogP contribution in [0.2, 0.25) is 0 Å². The maximum Gasteiger partial charge on any atom is 0.452 e. The van der Waals surface area contributed by atoms with Crippen molar-refractivity contribution in [2.24, 2.45) is 11.8 Å². The van der Waals surface area contributed by atoms with Gasteiger partial charge in [0.2, 0.25) is 11.8 Å². The second-order valence-corrected chi connectivity index (χ2v) is 8.72. The van der Waals surface area contributed by atoms with Gasteiger partial charge >= 0.3 is 6.18 Å². The lowest BCUT2D eigenvalue weighted by molar-refractivity contribution is -0.175. The van der Waals surface area contributed by atoms with Crippen LogP contribution in [0.3, 0.4) is 0 Å². The van der Waals surface area contributed by atoms with Gasteiger partial charge in [0, 0.05) is 18.9 Å². The third-order valence-corrected chi connectivity index (χ3v) is 5.51. The number of Topliss-reactive ketones (excluding diaryl/α,β-unsaturated/α-hetero) is 1. The van der Waals surface area contributed by atoms with Gasteiger partial charge < -0.3 is 15.5 Å². The highest BCUT2D eigenvalue weighted by atomic mass is 19.4. The number of likely N-dealkylation sites (tertiary alicyclic amines) is 1. The zero-order valence-corrected chi connectivity index (χ0v) is 19.0. The van der Waals surface area contributed by atoms with Crippen LogP contribution in [0, 0.1) is 11.8 Å². The minimum Gasteiger partial charge on any atom is -0.344 e. The van der Waals surface area contributed by atoms with Crippen molar-refractivity contribution in [1.82, 2.24) is 20.5 Å². The first-order valence-corrected chi connectivity index (χ1v) is 10.8. The van der Waals surface area contributed by atoms with Crippen LogP contribution in [-0.4, -0.2) is 64.2 Å². The average Bonchev–Trinajstić information content (AvgIpc) is 3.24. The van der Waals surface area contributed by atoms with Crippen molar-refractivity contribution in [2.75, 3.05) is 6.54 Å². The Hall–Kier alpha value is -2.98. The van der Waals surface area contributed by atoms with Crippen LogP contribution in [-0.2, 0) is 14.4 Å². The molecule has 1 aromatic rings. The van der Waals surface area contributed by atoms with Gasteiger partial charge in [-0.1, -0.05) is 27.7 Å². The lowest BCUT2D eigenvalue weighted by Gasteiger charge is -2.31. The molecule has 0 bridgehead atoms. The van der Waals surface area contributed by atoms with E-state index >= 15 is 0 Å². The van der Waals surface area contributed by atoms with E-state index in [9.17, 15) is 32.3 Å². The number of nitrogens with zero attached hydrogens (tertiary/aromatic N) is 2. The smallest absolute Gasteiger partial charge is 0.344 e. The Morgan fingerprint density at radius 2 is 1.70 bits per heavy atom. The summed E-state index contributed by atoms with van der Waals surface area (Å²) in [5, 5.41) is 4.85. The van der Waals surface area contributed by atoms with Gasteiger partial charge in [0.25, 0.3) is 11.7 Å². The summed E-state index contributed by atoms with van der Waals surface area (Å²) in [6, 6.07) is -0.614. The predicted molar refractivity (Wildman–Crippen MR) is 113 cm³/mol. The van der Waals surface area contributed by atoms with Crippen LogP contribution >= 0.6 is 0 Å². The van der Waals surface area contributed by atoms with E-state index in [-0.39, 0.29) is 24.4 Å². The number of nitrogens with one attached hydrogen (secondary N) is 2. The molecule has 1 aromatic heterocycles. The molecule has 0 saturated carbocycles. The number of ketones is 1. The molecule has 8 nitrogen and oxygen atoms in total. The first-order chi connectivity index (χ1) is 15.3. The van der Waals surface area contributed by atoms with Gasteiger partial charge in [-0.15, -0.1) is 0 Å². The third-order valence-electron chi connectivity index (χ3n) is 5.51. The number of rotatable bonds is 8. The fourth-order valence-corrected chi connectivity index (χ4v) is 3.68. The number of pyridine rings is 1. The normalized spacial score (nSPS) is 18.2. The Morgan fingerprint density at radius 3 is 2.21 bits per heavy atom. The molecule has 1 aliphatic rings. The summed E-state index contributed by atoms with van der Waals surface area (Å²) in [7, 11) is 0. The molecule has 0 aliphatic carbocycles. The highest BCUT2D eigenvalue weighted by Crippen LogP contribution is 2.24. The quantitative estimate of drug-likeness (QED) is 0.605. The first kappa shape index (κ1) is 26.3. The minimum atomic E-state index is -5.09. The SMILES string of the molecule is CC(C)[C@H](NC(=O)c1cccnc1)C(=O)N1CCC[C@H]1C(=O)N[C@H](C(=O)C(F)(F)F)C(C)C. The van der Waals surface area contributed by atoms with E-state index < -0.39 is 53.7 Å². The molecule has 0 aromatic carbocycles. The summed E-state index contributed by atoms with van der Waals surface area (Å²) in [5.74, 6) is -4.99. The molecular weight excluding hydrogens is 441 g/mol.